The Morgan fingerprint density at radius 2 is 1.81 bits per heavy atom. The minimum Gasteiger partial charge on any atom is -0.497 e. The highest BCUT2D eigenvalue weighted by Gasteiger charge is 2.29. The monoisotopic (exact) mass is 459 g/mol. The average molecular weight is 460 g/mol. The Morgan fingerprint density at radius 1 is 1.06 bits per heavy atom. The Balaban J connectivity index is 1.91. The normalized spacial score (nSPS) is 11.3. The summed E-state index contributed by atoms with van der Waals surface area (Å²) in [7, 11) is -1.16. The lowest BCUT2D eigenvalue weighted by Gasteiger charge is -2.25. The van der Waals surface area contributed by atoms with E-state index in [1.165, 1.54) is 43.9 Å². The largest absolute Gasteiger partial charge is 0.497 e. The van der Waals surface area contributed by atoms with Crippen LogP contribution in [0.2, 0.25) is 0 Å². The lowest BCUT2D eigenvalue weighted by atomic mass is 10.3. The van der Waals surface area contributed by atoms with Crippen molar-refractivity contribution in [1.29, 1.82) is 0 Å². The summed E-state index contributed by atoms with van der Waals surface area (Å²) in [6.07, 6.45) is 1.49. The number of ether oxygens (including phenoxy) is 2. The van der Waals surface area contributed by atoms with Crippen LogP contribution in [-0.4, -0.2) is 41.3 Å². The number of hydrazone groups is 1. The summed E-state index contributed by atoms with van der Waals surface area (Å²) in [6, 6.07) is 16.2. The number of thiophene rings is 1. The molecule has 1 amide bonds. The standard InChI is InChI=1S/C21H21N3O5S2/c1-28-16-9-11-18(12-10-16)31(26,27)24(19-7-3-4-8-20(19)29-2)15-21(25)23-22-14-17-6-5-13-30-17/h3-14H,15H2,1-2H3,(H,23,25)/b22-14-. The number of carbonyl (C=O) groups excluding carboxylic acids is 1. The molecule has 0 radical (unpaired) electrons. The van der Waals surface area contributed by atoms with E-state index in [4.69, 9.17) is 9.47 Å². The van der Waals surface area contributed by atoms with Crippen molar-refractivity contribution >= 4 is 39.2 Å². The van der Waals surface area contributed by atoms with Gasteiger partial charge in [-0.3, -0.25) is 9.10 Å². The van der Waals surface area contributed by atoms with Crippen molar-refractivity contribution in [2.24, 2.45) is 5.10 Å². The van der Waals surface area contributed by atoms with E-state index in [0.29, 0.717) is 11.5 Å². The van der Waals surface area contributed by atoms with Gasteiger partial charge in [-0.15, -0.1) is 11.3 Å². The molecule has 1 N–H and O–H groups in total. The summed E-state index contributed by atoms with van der Waals surface area (Å²) >= 11 is 1.46. The van der Waals surface area contributed by atoms with Gasteiger partial charge >= 0.3 is 0 Å². The molecule has 0 aliphatic rings. The topological polar surface area (TPSA) is 97.3 Å². The molecule has 3 rings (SSSR count). The van der Waals surface area contributed by atoms with E-state index in [0.717, 1.165) is 9.18 Å². The third-order valence-corrected chi connectivity index (χ3v) is 6.79. The van der Waals surface area contributed by atoms with Crippen molar-refractivity contribution in [1.82, 2.24) is 5.43 Å². The van der Waals surface area contributed by atoms with Crippen LogP contribution in [0.15, 0.2) is 76.0 Å². The summed E-state index contributed by atoms with van der Waals surface area (Å²) in [5, 5.41) is 5.78. The van der Waals surface area contributed by atoms with Crippen LogP contribution in [0.1, 0.15) is 4.88 Å². The van der Waals surface area contributed by atoms with Crippen molar-refractivity contribution in [3.8, 4) is 11.5 Å². The first kappa shape index (κ1) is 22.3. The van der Waals surface area contributed by atoms with Crippen molar-refractivity contribution in [2.75, 3.05) is 25.1 Å². The summed E-state index contributed by atoms with van der Waals surface area (Å²) in [5.41, 5.74) is 2.61. The average Bonchev–Trinajstić information content (AvgIpc) is 3.31. The number of carbonyl (C=O) groups is 1. The van der Waals surface area contributed by atoms with E-state index in [1.54, 1.807) is 36.4 Å². The number of benzene rings is 2. The van der Waals surface area contributed by atoms with Crippen molar-refractivity contribution in [3.63, 3.8) is 0 Å². The minimum absolute atomic E-state index is 0.00842. The van der Waals surface area contributed by atoms with Gasteiger partial charge in [0.25, 0.3) is 15.9 Å². The number of hydrogen-bond acceptors (Lipinski definition) is 7. The Kier molecular flexibility index (Phi) is 7.27. The predicted octanol–water partition coefficient (Wildman–Crippen LogP) is 3.11. The van der Waals surface area contributed by atoms with Crippen LogP contribution < -0.4 is 19.2 Å². The van der Waals surface area contributed by atoms with Gasteiger partial charge in [-0.2, -0.15) is 5.10 Å². The quantitative estimate of drug-likeness (QED) is 0.392. The molecular weight excluding hydrogens is 438 g/mol. The van der Waals surface area contributed by atoms with E-state index in [-0.39, 0.29) is 10.6 Å². The first-order valence-corrected chi connectivity index (χ1v) is 11.4. The molecule has 0 atom stereocenters. The van der Waals surface area contributed by atoms with Crippen LogP contribution in [0.25, 0.3) is 0 Å². The minimum atomic E-state index is -4.09. The number of para-hydroxylation sites is 2. The zero-order valence-electron chi connectivity index (χ0n) is 16.9. The fourth-order valence-corrected chi connectivity index (χ4v) is 4.73. The van der Waals surface area contributed by atoms with Crippen LogP contribution in [-0.2, 0) is 14.8 Å². The summed E-state index contributed by atoms with van der Waals surface area (Å²) < 4.78 is 38.2. The lowest BCUT2D eigenvalue weighted by Crippen LogP contribution is -2.39. The molecule has 2 aromatic carbocycles. The molecule has 0 aliphatic heterocycles. The molecule has 10 heteroatoms. The number of sulfonamides is 1. The first-order chi connectivity index (χ1) is 15.0. The summed E-state index contributed by atoms with van der Waals surface area (Å²) in [5.74, 6) is 0.230. The lowest BCUT2D eigenvalue weighted by molar-refractivity contribution is -0.119. The second-order valence-corrected chi connectivity index (χ2v) is 9.01. The van der Waals surface area contributed by atoms with Gasteiger partial charge in [-0.25, -0.2) is 13.8 Å². The zero-order chi connectivity index (χ0) is 22.3. The van der Waals surface area contributed by atoms with Gasteiger partial charge < -0.3 is 9.47 Å². The van der Waals surface area contributed by atoms with Crippen LogP contribution in [0.5, 0.6) is 11.5 Å². The molecule has 0 aliphatic carbocycles. The molecule has 162 valence electrons. The van der Waals surface area contributed by atoms with Gasteiger partial charge in [0, 0.05) is 4.88 Å². The summed E-state index contributed by atoms with van der Waals surface area (Å²) in [6.45, 7) is -0.490. The Hall–Kier alpha value is -3.37. The number of rotatable bonds is 9. The number of nitrogens with zero attached hydrogens (tertiary/aromatic N) is 2. The number of hydrogen-bond donors (Lipinski definition) is 1. The molecule has 1 aromatic heterocycles. The van der Waals surface area contributed by atoms with Gasteiger partial charge in [-0.1, -0.05) is 18.2 Å². The maximum atomic E-state index is 13.4. The van der Waals surface area contributed by atoms with Crippen LogP contribution in [0, 0.1) is 0 Å². The Bertz CT molecular complexity index is 1140. The van der Waals surface area contributed by atoms with Crippen molar-refractivity contribution < 1.29 is 22.7 Å². The van der Waals surface area contributed by atoms with Crippen molar-refractivity contribution in [2.45, 2.75) is 4.90 Å². The second kappa shape index (κ2) is 10.1. The molecule has 1 heterocycles. The van der Waals surface area contributed by atoms with E-state index >= 15 is 0 Å². The van der Waals surface area contributed by atoms with E-state index in [2.05, 4.69) is 10.5 Å². The van der Waals surface area contributed by atoms with Gasteiger partial charge in [0.1, 0.15) is 18.0 Å². The second-order valence-electron chi connectivity index (χ2n) is 6.17. The molecule has 0 spiro atoms. The SMILES string of the molecule is COc1ccc(S(=O)(=O)N(CC(=O)N/N=C\c2cccs2)c2ccccc2OC)cc1. The van der Waals surface area contributed by atoms with Crippen molar-refractivity contribution in [3.05, 3.63) is 70.9 Å². The zero-order valence-corrected chi connectivity index (χ0v) is 18.5. The highest BCUT2D eigenvalue weighted by molar-refractivity contribution is 7.92. The molecule has 8 nitrogen and oxygen atoms in total. The van der Waals surface area contributed by atoms with Gasteiger partial charge in [-0.05, 0) is 47.8 Å². The molecule has 0 bridgehead atoms. The fourth-order valence-electron chi connectivity index (χ4n) is 2.71. The fraction of sp³-hybridized carbons (Fsp3) is 0.143. The Labute approximate surface area is 184 Å². The third-order valence-electron chi connectivity index (χ3n) is 4.21. The maximum absolute atomic E-state index is 13.4. The van der Waals surface area contributed by atoms with Crippen LogP contribution >= 0.6 is 11.3 Å². The molecule has 0 saturated carbocycles. The number of anilines is 1. The van der Waals surface area contributed by atoms with Gasteiger partial charge in [0.05, 0.1) is 31.0 Å². The summed E-state index contributed by atoms with van der Waals surface area (Å²) in [4.78, 5) is 13.4. The van der Waals surface area contributed by atoms with Crippen LogP contribution in [0.4, 0.5) is 5.69 Å². The molecule has 31 heavy (non-hydrogen) atoms. The highest BCUT2D eigenvalue weighted by Crippen LogP contribution is 2.32. The molecule has 0 fully saturated rings. The smallest absolute Gasteiger partial charge is 0.264 e. The van der Waals surface area contributed by atoms with Gasteiger partial charge in [0.2, 0.25) is 0 Å². The first-order valence-electron chi connectivity index (χ1n) is 9.11. The van der Waals surface area contributed by atoms with E-state index in [1.807, 2.05) is 17.5 Å². The van der Waals surface area contributed by atoms with Gasteiger partial charge in [0.15, 0.2) is 0 Å². The predicted molar refractivity (Wildman–Crippen MR) is 121 cm³/mol. The third kappa shape index (κ3) is 5.41. The molecular formula is C21H21N3O5S2. The number of methoxy groups -OCH3 is 2. The molecule has 0 unspecified atom stereocenters. The Morgan fingerprint density at radius 3 is 2.45 bits per heavy atom. The number of nitrogens with one attached hydrogen (secondary N) is 1. The number of amides is 1. The maximum Gasteiger partial charge on any atom is 0.264 e. The van der Waals surface area contributed by atoms with E-state index < -0.39 is 22.5 Å². The molecule has 0 saturated heterocycles. The van der Waals surface area contributed by atoms with Crippen LogP contribution in [0.3, 0.4) is 0 Å². The van der Waals surface area contributed by atoms with E-state index in [9.17, 15) is 13.2 Å². The highest BCUT2D eigenvalue weighted by atomic mass is 32.2. The molecule has 3 aromatic rings.